The molecule has 4 rings (SSSR count). The number of rotatable bonds is 3. The minimum absolute atomic E-state index is 0.0409. The first kappa shape index (κ1) is 21.0. The van der Waals surface area contributed by atoms with Gasteiger partial charge in [-0.2, -0.15) is 18.4 Å². The quantitative estimate of drug-likeness (QED) is 0.229. The highest BCUT2D eigenvalue weighted by molar-refractivity contribution is 9.10. The number of thiazole rings is 1. The zero-order valence-corrected chi connectivity index (χ0v) is 17.8. The highest BCUT2D eigenvalue weighted by Gasteiger charge is 2.32. The smallest absolute Gasteiger partial charge is 0.416 e. The Bertz CT molecular complexity index is 1430. The van der Waals surface area contributed by atoms with Gasteiger partial charge in [0, 0.05) is 15.2 Å². The van der Waals surface area contributed by atoms with E-state index in [1.54, 1.807) is 29.6 Å². The predicted molar refractivity (Wildman–Crippen MR) is 116 cm³/mol. The van der Waals surface area contributed by atoms with Crippen molar-refractivity contribution in [3.8, 4) is 17.3 Å². The monoisotopic (exact) mass is 502 g/mol. The average molecular weight is 503 g/mol. The molecule has 0 saturated heterocycles. The molecule has 0 atom stereocenters. The second kappa shape index (κ2) is 8.13. The molecule has 0 amide bonds. The van der Waals surface area contributed by atoms with E-state index in [0.717, 1.165) is 28.0 Å². The first-order chi connectivity index (χ1) is 14.8. The number of nitrogens with zero attached hydrogens (tertiary/aromatic N) is 2. The zero-order valence-electron chi connectivity index (χ0n) is 15.4. The van der Waals surface area contributed by atoms with Crippen LogP contribution < -0.4 is 5.63 Å². The Hall–Kier alpha value is -3.22. The van der Waals surface area contributed by atoms with Crippen LogP contribution in [-0.4, -0.2) is 4.98 Å². The third kappa shape index (κ3) is 4.31. The molecule has 154 valence electrons. The molecule has 31 heavy (non-hydrogen) atoms. The number of benzene rings is 2. The van der Waals surface area contributed by atoms with Gasteiger partial charge in [-0.1, -0.05) is 34.1 Å². The number of aromatic nitrogens is 1. The highest BCUT2D eigenvalue weighted by atomic mass is 79.9. The van der Waals surface area contributed by atoms with E-state index < -0.39 is 17.4 Å². The number of alkyl halides is 3. The van der Waals surface area contributed by atoms with Crippen LogP contribution in [0.1, 0.15) is 16.1 Å². The summed E-state index contributed by atoms with van der Waals surface area (Å²) in [5, 5.41) is 12.0. The summed E-state index contributed by atoms with van der Waals surface area (Å²) in [4.78, 5) is 16.7. The fourth-order valence-corrected chi connectivity index (χ4v) is 4.14. The summed E-state index contributed by atoms with van der Waals surface area (Å²) in [5.41, 5.74) is -0.744. The van der Waals surface area contributed by atoms with Gasteiger partial charge in [0.1, 0.15) is 16.7 Å². The van der Waals surface area contributed by atoms with Crippen molar-refractivity contribution >= 4 is 49.9 Å². The van der Waals surface area contributed by atoms with Gasteiger partial charge < -0.3 is 4.42 Å². The van der Waals surface area contributed by atoms with Gasteiger partial charge in [-0.3, -0.25) is 0 Å². The Labute approximate surface area is 186 Å². The van der Waals surface area contributed by atoms with Gasteiger partial charge in [0.25, 0.3) is 0 Å². The van der Waals surface area contributed by atoms with E-state index in [2.05, 4.69) is 20.9 Å². The van der Waals surface area contributed by atoms with Crippen LogP contribution in [0.2, 0.25) is 0 Å². The summed E-state index contributed by atoms with van der Waals surface area (Å²) in [6.07, 6.45) is -3.41. The zero-order chi connectivity index (χ0) is 22.2. The van der Waals surface area contributed by atoms with E-state index >= 15 is 0 Å². The maximum atomic E-state index is 13.3. The number of fused-ring (bicyclic) bond motifs is 1. The summed E-state index contributed by atoms with van der Waals surface area (Å²) in [6.45, 7) is 0. The van der Waals surface area contributed by atoms with Gasteiger partial charge in [0.2, 0.25) is 0 Å². The fraction of sp³-hybridized carbons (Fsp3) is 0.0455. The molecule has 4 nitrogen and oxygen atoms in total. The second-order valence-corrected chi connectivity index (χ2v) is 8.20. The first-order valence-electron chi connectivity index (χ1n) is 8.74. The third-order valence-corrected chi connectivity index (χ3v) is 5.76. The molecule has 0 fully saturated rings. The molecular weight excluding hydrogens is 493 g/mol. The Morgan fingerprint density at radius 2 is 1.97 bits per heavy atom. The molecule has 0 unspecified atom stereocenters. The molecule has 4 aromatic rings. The number of allylic oxidation sites excluding steroid dienone is 1. The Morgan fingerprint density at radius 1 is 1.19 bits per heavy atom. The van der Waals surface area contributed by atoms with E-state index in [-0.39, 0.29) is 27.4 Å². The highest BCUT2D eigenvalue weighted by Crippen LogP contribution is 2.34. The van der Waals surface area contributed by atoms with E-state index in [0.29, 0.717) is 11.0 Å². The van der Waals surface area contributed by atoms with Gasteiger partial charge in [-0.15, -0.1) is 11.3 Å². The molecule has 0 aliphatic heterocycles. The van der Waals surface area contributed by atoms with Gasteiger partial charge in [-0.05, 0) is 42.0 Å². The molecule has 0 spiro atoms. The molecule has 2 heterocycles. The first-order valence-corrected chi connectivity index (χ1v) is 10.4. The van der Waals surface area contributed by atoms with Crippen molar-refractivity contribution in [2.75, 3.05) is 0 Å². The Morgan fingerprint density at radius 3 is 2.71 bits per heavy atom. The lowest BCUT2D eigenvalue weighted by Crippen LogP contribution is -2.07. The summed E-state index contributed by atoms with van der Waals surface area (Å²) in [7, 11) is 0. The normalized spacial score (nSPS) is 12.2. The molecule has 0 radical (unpaired) electrons. The van der Waals surface area contributed by atoms with Gasteiger partial charge >= 0.3 is 11.8 Å². The van der Waals surface area contributed by atoms with Crippen LogP contribution in [0.25, 0.3) is 33.9 Å². The molecule has 2 aromatic heterocycles. The summed E-state index contributed by atoms with van der Waals surface area (Å²) in [6, 6.07) is 13.7. The van der Waals surface area contributed by atoms with Crippen LogP contribution in [0.4, 0.5) is 13.2 Å². The van der Waals surface area contributed by atoms with Crippen molar-refractivity contribution in [2.24, 2.45) is 0 Å². The Balaban J connectivity index is 1.78. The topological polar surface area (TPSA) is 66.9 Å². The summed E-state index contributed by atoms with van der Waals surface area (Å²) < 4.78 is 45.9. The van der Waals surface area contributed by atoms with Crippen LogP contribution in [0, 0.1) is 11.3 Å². The van der Waals surface area contributed by atoms with E-state index in [9.17, 15) is 23.2 Å². The summed E-state index contributed by atoms with van der Waals surface area (Å²) in [5.74, 6) is 0. The van der Waals surface area contributed by atoms with Crippen molar-refractivity contribution in [3.63, 3.8) is 0 Å². The lowest BCUT2D eigenvalue weighted by molar-refractivity contribution is -0.137. The minimum Gasteiger partial charge on any atom is -0.422 e. The van der Waals surface area contributed by atoms with Crippen molar-refractivity contribution < 1.29 is 17.6 Å². The van der Waals surface area contributed by atoms with E-state index in [1.807, 2.05) is 6.07 Å². The number of hydrogen-bond donors (Lipinski definition) is 0. The van der Waals surface area contributed by atoms with Crippen LogP contribution in [0.3, 0.4) is 0 Å². The van der Waals surface area contributed by atoms with E-state index in [1.165, 1.54) is 18.2 Å². The molecule has 0 bridgehead atoms. The van der Waals surface area contributed by atoms with Crippen LogP contribution in [0.5, 0.6) is 0 Å². The lowest BCUT2D eigenvalue weighted by Gasteiger charge is -2.09. The second-order valence-electron chi connectivity index (χ2n) is 6.42. The molecule has 2 aromatic carbocycles. The number of halogens is 4. The average Bonchev–Trinajstić information content (AvgIpc) is 3.21. The van der Waals surface area contributed by atoms with Crippen molar-refractivity contribution in [1.29, 1.82) is 5.26 Å². The fourth-order valence-electron chi connectivity index (χ4n) is 2.97. The Kier molecular flexibility index (Phi) is 5.52. The SMILES string of the molecule is N#C/C(=C\c1ccccc1C(F)(F)F)c1nc(-c2cc3cc(Br)ccc3oc2=O)cs1. The lowest BCUT2D eigenvalue weighted by atomic mass is 10.0. The molecule has 0 saturated carbocycles. The van der Waals surface area contributed by atoms with Crippen molar-refractivity contribution in [1.82, 2.24) is 4.98 Å². The molecule has 0 aliphatic rings. The third-order valence-electron chi connectivity index (χ3n) is 4.39. The van der Waals surface area contributed by atoms with Crippen molar-refractivity contribution in [3.05, 3.63) is 84.9 Å². The van der Waals surface area contributed by atoms with Crippen LogP contribution in [-0.2, 0) is 6.18 Å². The van der Waals surface area contributed by atoms with Gasteiger partial charge in [0.15, 0.2) is 0 Å². The van der Waals surface area contributed by atoms with Gasteiger partial charge in [-0.25, -0.2) is 9.78 Å². The molecular formula is C22H10BrF3N2O2S. The molecule has 0 N–H and O–H groups in total. The molecule has 0 aliphatic carbocycles. The standard InChI is InChI=1S/C22H10BrF3N2O2S/c23-15-5-6-19-13(8-15)9-16(21(29)30-19)18-11-31-20(28-18)14(10-27)7-12-3-1-2-4-17(12)22(24,25)26/h1-9,11H/b14-7+. The van der Waals surface area contributed by atoms with Crippen molar-refractivity contribution in [2.45, 2.75) is 6.18 Å². The largest absolute Gasteiger partial charge is 0.422 e. The van der Waals surface area contributed by atoms with E-state index in [4.69, 9.17) is 4.42 Å². The number of nitriles is 1. The molecule has 9 heteroatoms. The predicted octanol–water partition coefficient (Wildman–Crippen LogP) is 6.76. The maximum Gasteiger partial charge on any atom is 0.416 e. The minimum atomic E-state index is -4.56. The summed E-state index contributed by atoms with van der Waals surface area (Å²) >= 11 is 4.41. The van der Waals surface area contributed by atoms with Crippen LogP contribution >= 0.6 is 27.3 Å². The maximum absolute atomic E-state index is 13.3. The van der Waals surface area contributed by atoms with Gasteiger partial charge in [0.05, 0.1) is 22.4 Å². The number of hydrogen-bond acceptors (Lipinski definition) is 5. The van der Waals surface area contributed by atoms with Crippen LogP contribution in [0.15, 0.2) is 67.6 Å².